The second kappa shape index (κ2) is 6.10. The molecule has 2 aromatic carbocycles. The van der Waals surface area contributed by atoms with Gasteiger partial charge in [0, 0.05) is 6.07 Å². The van der Waals surface area contributed by atoms with Crippen LogP contribution < -0.4 is 9.47 Å². The molecule has 20 heavy (non-hydrogen) atoms. The maximum atomic E-state index is 11.6. The van der Waals surface area contributed by atoms with Gasteiger partial charge in [0.25, 0.3) is 0 Å². The SMILES string of the molecule is COc1ccc(C(C)=O)c(OCc2cccc(O)c2)c1. The van der Waals surface area contributed by atoms with Crippen molar-refractivity contribution in [1.82, 2.24) is 0 Å². The van der Waals surface area contributed by atoms with E-state index < -0.39 is 0 Å². The molecule has 4 heteroatoms. The summed E-state index contributed by atoms with van der Waals surface area (Å²) >= 11 is 0. The van der Waals surface area contributed by atoms with E-state index in [0.29, 0.717) is 17.1 Å². The molecule has 0 saturated carbocycles. The number of carbonyl (C=O) groups is 1. The predicted octanol–water partition coefficient (Wildman–Crippen LogP) is 3.18. The van der Waals surface area contributed by atoms with Gasteiger partial charge in [-0.05, 0) is 36.8 Å². The first-order chi connectivity index (χ1) is 9.60. The number of phenols is 1. The van der Waals surface area contributed by atoms with Crippen molar-refractivity contribution in [2.45, 2.75) is 13.5 Å². The molecule has 0 aromatic heterocycles. The maximum Gasteiger partial charge on any atom is 0.163 e. The summed E-state index contributed by atoms with van der Waals surface area (Å²) in [5.41, 5.74) is 1.33. The number of methoxy groups -OCH3 is 1. The normalized spacial score (nSPS) is 10.1. The summed E-state index contributed by atoms with van der Waals surface area (Å²) in [5.74, 6) is 1.21. The van der Waals surface area contributed by atoms with Crippen LogP contribution in [0.5, 0.6) is 17.2 Å². The van der Waals surface area contributed by atoms with Gasteiger partial charge < -0.3 is 14.6 Å². The summed E-state index contributed by atoms with van der Waals surface area (Å²) < 4.78 is 10.8. The smallest absolute Gasteiger partial charge is 0.163 e. The van der Waals surface area contributed by atoms with Gasteiger partial charge in [0.1, 0.15) is 23.9 Å². The van der Waals surface area contributed by atoms with Crippen LogP contribution in [0.3, 0.4) is 0 Å². The zero-order valence-electron chi connectivity index (χ0n) is 11.4. The minimum absolute atomic E-state index is 0.0708. The predicted molar refractivity (Wildman–Crippen MR) is 75.4 cm³/mol. The van der Waals surface area contributed by atoms with Gasteiger partial charge in [0.05, 0.1) is 12.7 Å². The summed E-state index contributed by atoms with van der Waals surface area (Å²) in [6.07, 6.45) is 0. The molecule has 4 nitrogen and oxygen atoms in total. The molecule has 0 atom stereocenters. The summed E-state index contributed by atoms with van der Waals surface area (Å²) in [4.78, 5) is 11.6. The van der Waals surface area contributed by atoms with E-state index in [-0.39, 0.29) is 18.1 Å². The summed E-state index contributed by atoms with van der Waals surface area (Å²) in [5, 5.41) is 9.41. The third kappa shape index (κ3) is 3.29. The first-order valence-corrected chi connectivity index (χ1v) is 6.20. The van der Waals surface area contributed by atoms with E-state index in [1.165, 1.54) is 6.92 Å². The Morgan fingerprint density at radius 3 is 2.65 bits per heavy atom. The van der Waals surface area contributed by atoms with Crippen molar-refractivity contribution in [2.75, 3.05) is 7.11 Å². The largest absolute Gasteiger partial charge is 0.508 e. The fourth-order valence-electron chi connectivity index (χ4n) is 1.85. The van der Waals surface area contributed by atoms with Crippen LogP contribution in [0.15, 0.2) is 42.5 Å². The lowest BCUT2D eigenvalue weighted by molar-refractivity contribution is 0.101. The fourth-order valence-corrected chi connectivity index (χ4v) is 1.85. The van der Waals surface area contributed by atoms with Gasteiger partial charge >= 0.3 is 0 Å². The summed E-state index contributed by atoms with van der Waals surface area (Å²) in [6, 6.07) is 11.9. The van der Waals surface area contributed by atoms with E-state index in [0.717, 1.165) is 5.56 Å². The highest BCUT2D eigenvalue weighted by molar-refractivity contribution is 5.97. The number of Topliss-reactive ketones (excluding diaryl/α,β-unsaturated/α-hetero) is 1. The van der Waals surface area contributed by atoms with Crippen LogP contribution in [0, 0.1) is 0 Å². The lowest BCUT2D eigenvalue weighted by Gasteiger charge is -2.11. The molecular weight excluding hydrogens is 256 g/mol. The Hall–Kier alpha value is -2.49. The monoisotopic (exact) mass is 272 g/mol. The van der Waals surface area contributed by atoms with Crippen LogP contribution in [0.1, 0.15) is 22.8 Å². The van der Waals surface area contributed by atoms with E-state index >= 15 is 0 Å². The molecule has 0 radical (unpaired) electrons. The van der Waals surface area contributed by atoms with Crippen LogP contribution in [0.25, 0.3) is 0 Å². The lowest BCUT2D eigenvalue weighted by atomic mass is 10.1. The van der Waals surface area contributed by atoms with Crippen LogP contribution in [-0.4, -0.2) is 18.0 Å². The number of phenolic OH excluding ortho intramolecular Hbond substituents is 1. The first-order valence-electron chi connectivity index (χ1n) is 6.20. The molecule has 0 aliphatic heterocycles. The zero-order valence-corrected chi connectivity index (χ0v) is 11.4. The lowest BCUT2D eigenvalue weighted by Crippen LogP contribution is -2.02. The van der Waals surface area contributed by atoms with Crippen LogP contribution in [-0.2, 0) is 6.61 Å². The highest BCUT2D eigenvalue weighted by Crippen LogP contribution is 2.26. The van der Waals surface area contributed by atoms with Crippen molar-refractivity contribution < 1.29 is 19.4 Å². The van der Waals surface area contributed by atoms with Gasteiger partial charge in [0.15, 0.2) is 5.78 Å². The molecular formula is C16H16O4. The minimum atomic E-state index is -0.0708. The van der Waals surface area contributed by atoms with Crippen molar-refractivity contribution in [2.24, 2.45) is 0 Å². The zero-order chi connectivity index (χ0) is 14.5. The number of benzene rings is 2. The van der Waals surface area contributed by atoms with Gasteiger partial charge in [-0.1, -0.05) is 12.1 Å². The molecule has 1 N–H and O–H groups in total. The highest BCUT2D eigenvalue weighted by Gasteiger charge is 2.10. The number of ether oxygens (including phenoxy) is 2. The average Bonchev–Trinajstić information content (AvgIpc) is 2.44. The Bertz CT molecular complexity index is 620. The third-order valence-electron chi connectivity index (χ3n) is 2.87. The third-order valence-corrected chi connectivity index (χ3v) is 2.87. The molecule has 2 aromatic rings. The Kier molecular flexibility index (Phi) is 4.25. The fraction of sp³-hybridized carbons (Fsp3) is 0.188. The van der Waals surface area contributed by atoms with E-state index in [9.17, 15) is 9.90 Å². The van der Waals surface area contributed by atoms with Crippen molar-refractivity contribution in [3.8, 4) is 17.2 Å². The Labute approximate surface area is 117 Å². The Morgan fingerprint density at radius 1 is 1.20 bits per heavy atom. The topological polar surface area (TPSA) is 55.8 Å². The first kappa shape index (κ1) is 13.9. The number of hydrogen-bond donors (Lipinski definition) is 1. The second-order valence-corrected chi connectivity index (χ2v) is 4.38. The molecule has 0 spiro atoms. The van der Waals surface area contributed by atoms with Crippen LogP contribution >= 0.6 is 0 Å². The van der Waals surface area contributed by atoms with Gasteiger partial charge in [-0.3, -0.25) is 4.79 Å². The summed E-state index contributed by atoms with van der Waals surface area (Å²) in [6.45, 7) is 1.75. The molecule has 104 valence electrons. The van der Waals surface area contributed by atoms with Crippen molar-refractivity contribution >= 4 is 5.78 Å². The van der Waals surface area contributed by atoms with Gasteiger partial charge in [-0.15, -0.1) is 0 Å². The van der Waals surface area contributed by atoms with E-state index in [4.69, 9.17) is 9.47 Å². The van der Waals surface area contributed by atoms with Crippen molar-refractivity contribution in [3.63, 3.8) is 0 Å². The minimum Gasteiger partial charge on any atom is -0.508 e. The molecule has 0 saturated heterocycles. The summed E-state index contributed by atoms with van der Waals surface area (Å²) in [7, 11) is 1.56. The number of rotatable bonds is 5. The number of carbonyl (C=O) groups excluding carboxylic acids is 1. The average molecular weight is 272 g/mol. The highest BCUT2D eigenvalue weighted by atomic mass is 16.5. The molecule has 0 aliphatic carbocycles. The Balaban J connectivity index is 2.21. The van der Waals surface area contributed by atoms with Crippen molar-refractivity contribution in [3.05, 3.63) is 53.6 Å². The number of ketones is 1. The van der Waals surface area contributed by atoms with Gasteiger partial charge in [0.2, 0.25) is 0 Å². The molecule has 0 unspecified atom stereocenters. The van der Waals surface area contributed by atoms with Gasteiger partial charge in [-0.25, -0.2) is 0 Å². The van der Waals surface area contributed by atoms with Crippen molar-refractivity contribution in [1.29, 1.82) is 0 Å². The molecule has 2 rings (SSSR count). The van der Waals surface area contributed by atoms with E-state index in [1.807, 2.05) is 6.07 Å². The Morgan fingerprint density at radius 2 is 2.00 bits per heavy atom. The number of aromatic hydroxyl groups is 1. The van der Waals surface area contributed by atoms with Gasteiger partial charge in [-0.2, -0.15) is 0 Å². The number of hydrogen-bond acceptors (Lipinski definition) is 4. The molecule has 0 aliphatic rings. The van der Waals surface area contributed by atoms with Crippen LogP contribution in [0.2, 0.25) is 0 Å². The molecule has 0 bridgehead atoms. The van der Waals surface area contributed by atoms with Crippen LogP contribution in [0.4, 0.5) is 0 Å². The molecule has 0 heterocycles. The quantitative estimate of drug-likeness (QED) is 0.849. The van der Waals surface area contributed by atoms with E-state index in [1.54, 1.807) is 43.5 Å². The maximum absolute atomic E-state index is 11.6. The molecule has 0 amide bonds. The standard InChI is InChI=1S/C16H16O4/c1-11(17)15-7-6-14(19-2)9-16(15)20-10-12-4-3-5-13(18)8-12/h3-9,18H,10H2,1-2H3. The molecule has 0 fully saturated rings. The second-order valence-electron chi connectivity index (χ2n) is 4.38. The van der Waals surface area contributed by atoms with E-state index in [2.05, 4.69) is 0 Å².